The van der Waals surface area contributed by atoms with E-state index in [2.05, 4.69) is 10.3 Å². The van der Waals surface area contributed by atoms with Crippen molar-refractivity contribution < 1.29 is 31.1 Å². The van der Waals surface area contributed by atoms with Gasteiger partial charge >= 0.3 is 6.18 Å². The summed E-state index contributed by atoms with van der Waals surface area (Å²) >= 11 is 6.03. The van der Waals surface area contributed by atoms with Crippen LogP contribution in [0.4, 0.5) is 13.2 Å². The molecule has 3 aliphatic rings. The van der Waals surface area contributed by atoms with E-state index in [4.69, 9.17) is 16.3 Å². The van der Waals surface area contributed by atoms with Crippen molar-refractivity contribution in [2.24, 2.45) is 11.8 Å². The van der Waals surface area contributed by atoms with E-state index < -0.39 is 43.3 Å². The maximum absolute atomic E-state index is 14.0. The molecule has 1 unspecified atom stereocenters. The van der Waals surface area contributed by atoms with Gasteiger partial charge in [0.05, 0.1) is 22.1 Å². The summed E-state index contributed by atoms with van der Waals surface area (Å²) in [5.41, 5.74) is -1.61. The fourth-order valence-corrected chi connectivity index (χ4v) is 8.47. The number of aromatic nitrogens is 1. The highest BCUT2D eigenvalue weighted by molar-refractivity contribution is 7.93. The molecule has 6 nitrogen and oxygen atoms in total. The lowest BCUT2D eigenvalue weighted by molar-refractivity contribution is -0.141. The number of nitrogens with zero attached hydrogens (tertiary/aromatic N) is 1. The summed E-state index contributed by atoms with van der Waals surface area (Å²) in [6, 6.07) is 0.574. The number of nitrogens with one attached hydrogen (secondary N) is 1. The molecule has 1 aromatic rings. The average Bonchev–Trinajstić information content (AvgIpc) is 3.69. The van der Waals surface area contributed by atoms with Gasteiger partial charge in [-0.1, -0.05) is 43.7 Å². The quantitative estimate of drug-likeness (QED) is 0.482. The predicted octanol–water partition coefficient (Wildman–Crippen LogP) is 5.19. The van der Waals surface area contributed by atoms with Gasteiger partial charge in [-0.3, -0.25) is 4.79 Å². The van der Waals surface area contributed by atoms with Crippen molar-refractivity contribution in [1.82, 2.24) is 10.3 Å². The maximum Gasteiger partial charge on any atom is 0.433 e. The molecule has 1 N–H and O–H groups in total. The van der Waals surface area contributed by atoms with E-state index in [1.807, 2.05) is 0 Å². The van der Waals surface area contributed by atoms with Crippen molar-refractivity contribution in [3.05, 3.63) is 22.3 Å². The molecule has 0 aliphatic heterocycles. The van der Waals surface area contributed by atoms with Gasteiger partial charge < -0.3 is 10.1 Å². The van der Waals surface area contributed by atoms with E-state index in [9.17, 15) is 26.4 Å². The van der Waals surface area contributed by atoms with Gasteiger partial charge in [0.15, 0.2) is 9.84 Å². The van der Waals surface area contributed by atoms with Crippen LogP contribution in [-0.2, 0) is 16.0 Å². The minimum Gasteiger partial charge on any atom is -0.480 e. The molecule has 4 rings (SSSR count). The first-order valence-corrected chi connectivity index (χ1v) is 13.7. The molecule has 3 saturated carbocycles. The van der Waals surface area contributed by atoms with Crippen LogP contribution in [0.5, 0.6) is 5.88 Å². The predicted molar refractivity (Wildman–Crippen MR) is 122 cm³/mol. The van der Waals surface area contributed by atoms with Crippen LogP contribution in [-0.4, -0.2) is 43.0 Å². The van der Waals surface area contributed by atoms with Gasteiger partial charge in [0.25, 0.3) is 5.91 Å². The molecule has 34 heavy (non-hydrogen) atoms. The molecule has 190 valence electrons. The number of pyridine rings is 1. The second-order valence-corrected chi connectivity index (χ2v) is 12.9. The molecule has 3 aliphatic carbocycles. The Morgan fingerprint density at radius 3 is 2.41 bits per heavy atom. The van der Waals surface area contributed by atoms with Crippen LogP contribution in [0.1, 0.15) is 80.3 Å². The first-order valence-electron chi connectivity index (χ1n) is 11.8. The molecular weight excluding hydrogens is 493 g/mol. The minimum atomic E-state index is -4.76. The maximum atomic E-state index is 14.0. The number of rotatable bonds is 9. The van der Waals surface area contributed by atoms with Crippen molar-refractivity contribution in [2.45, 2.75) is 80.4 Å². The molecule has 0 spiro atoms. The Bertz CT molecular complexity index is 1030. The second-order valence-electron chi connectivity index (χ2n) is 9.90. The first kappa shape index (κ1) is 25.5. The highest BCUT2D eigenvalue weighted by Gasteiger charge is 2.53. The normalized spacial score (nSPS) is 21.7. The Balaban J connectivity index is 1.59. The molecule has 1 aromatic heterocycles. The third-order valence-electron chi connectivity index (χ3n) is 7.40. The van der Waals surface area contributed by atoms with Gasteiger partial charge in [0, 0.05) is 6.54 Å². The Labute approximate surface area is 202 Å². The van der Waals surface area contributed by atoms with Gasteiger partial charge in [-0.15, -0.1) is 0 Å². The van der Waals surface area contributed by atoms with Crippen LogP contribution in [0.25, 0.3) is 0 Å². The lowest BCUT2D eigenvalue weighted by Gasteiger charge is -2.40. The Kier molecular flexibility index (Phi) is 7.12. The van der Waals surface area contributed by atoms with Crippen LogP contribution < -0.4 is 10.1 Å². The number of hydrogen-bond acceptors (Lipinski definition) is 5. The smallest absolute Gasteiger partial charge is 0.433 e. The number of carbonyl (C=O) groups excluding carboxylic acids is 1. The van der Waals surface area contributed by atoms with E-state index in [1.165, 1.54) is 0 Å². The summed E-state index contributed by atoms with van der Waals surface area (Å²) in [7, 11) is -2.45. The summed E-state index contributed by atoms with van der Waals surface area (Å²) in [6.07, 6.45) is 3.26. The standard InChI is InChI=1S/C23H30ClF3N2O4S/c1-33-21-19(16(24)12-18(29-21)23(25,26)27)20(30)28-13-22(9-3-2-4-10-22)34(31,32)17(15-7-8-15)11-14-5-6-14/h12,14-15,17H,2-11,13H2,1H3,(H,28,30). The molecular formula is C23H30ClF3N2O4S. The summed E-state index contributed by atoms with van der Waals surface area (Å²) in [5, 5.41) is 1.82. The Morgan fingerprint density at radius 2 is 1.88 bits per heavy atom. The SMILES string of the molecule is COc1nc(C(F)(F)F)cc(Cl)c1C(=O)NCC1(S(=O)(=O)C(CC2CC2)C2CC2)CCCCC1. The monoisotopic (exact) mass is 522 g/mol. The lowest BCUT2D eigenvalue weighted by atomic mass is 9.88. The van der Waals surface area contributed by atoms with Crippen LogP contribution in [0, 0.1) is 11.8 Å². The van der Waals surface area contributed by atoms with E-state index >= 15 is 0 Å². The van der Waals surface area contributed by atoms with E-state index in [1.54, 1.807) is 0 Å². The zero-order valence-electron chi connectivity index (χ0n) is 19.1. The van der Waals surface area contributed by atoms with Crippen LogP contribution in [0.2, 0.25) is 5.02 Å². The van der Waals surface area contributed by atoms with Gasteiger partial charge in [-0.25, -0.2) is 13.4 Å². The number of ether oxygens (including phenoxy) is 1. The fraction of sp³-hybridized carbons (Fsp3) is 0.739. The zero-order chi connectivity index (χ0) is 24.7. The van der Waals surface area contributed by atoms with E-state index in [-0.39, 0.29) is 23.3 Å². The lowest BCUT2D eigenvalue weighted by Crippen LogP contribution is -2.54. The van der Waals surface area contributed by atoms with Gasteiger partial charge in [-0.05, 0) is 50.0 Å². The number of alkyl halides is 3. The Hall–Kier alpha value is -1.55. The summed E-state index contributed by atoms with van der Waals surface area (Å²) in [6.45, 7) is -0.109. The third kappa shape index (κ3) is 5.17. The van der Waals surface area contributed by atoms with Gasteiger partial charge in [0.1, 0.15) is 11.3 Å². The molecule has 3 fully saturated rings. The Morgan fingerprint density at radius 1 is 1.24 bits per heavy atom. The third-order valence-corrected chi connectivity index (χ3v) is 10.8. The fourth-order valence-electron chi connectivity index (χ4n) is 5.12. The molecule has 1 amide bonds. The first-order chi connectivity index (χ1) is 16.0. The molecule has 0 saturated heterocycles. The van der Waals surface area contributed by atoms with Crippen LogP contribution in [0.15, 0.2) is 6.07 Å². The van der Waals surface area contributed by atoms with Crippen LogP contribution in [0.3, 0.4) is 0 Å². The van der Waals surface area contributed by atoms with Crippen molar-refractivity contribution >= 4 is 27.3 Å². The number of carbonyl (C=O) groups is 1. The summed E-state index contributed by atoms with van der Waals surface area (Å²) in [4.78, 5) is 16.4. The number of sulfone groups is 1. The van der Waals surface area contributed by atoms with Gasteiger partial charge in [0.2, 0.25) is 5.88 Å². The molecule has 0 radical (unpaired) electrons. The molecule has 1 heterocycles. The van der Waals surface area contributed by atoms with Crippen molar-refractivity contribution in [1.29, 1.82) is 0 Å². The van der Waals surface area contributed by atoms with Crippen LogP contribution >= 0.6 is 11.6 Å². The largest absolute Gasteiger partial charge is 0.480 e. The minimum absolute atomic E-state index is 0.109. The highest BCUT2D eigenvalue weighted by atomic mass is 35.5. The topological polar surface area (TPSA) is 85.4 Å². The van der Waals surface area contributed by atoms with Crippen molar-refractivity contribution in [3.63, 3.8) is 0 Å². The summed E-state index contributed by atoms with van der Waals surface area (Å²) < 4.78 is 71.1. The number of amides is 1. The number of hydrogen-bond donors (Lipinski definition) is 1. The second kappa shape index (κ2) is 9.48. The molecule has 1 atom stereocenters. The van der Waals surface area contributed by atoms with Gasteiger partial charge in [-0.2, -0.15) is 13.2 Å². The highest BCUT2D eigenvalue weighted by Crippen LogP contribution is 2.49. The molecule has 0 bridgehead atoms. The average molecular weight is 523 g/mol. The van der Waals surface area contributed by atoms with E-state index in [0.29, 0.717) is 31.2 Å². The zero-order valence-corrected chi connectivity index (χ0v) is 20.7. The van der Waals surface area contributed by atoms with E-state index in [0.717, 1.165) is 52.1 Å². The van der Waals surface area contributed by atoms with Crippen molar-refractivity contribution in [3.8, 4) is 5.88 Å². The molecule has 0 aromatic carbocycles. The van der Waals surface area contributed by atoms with Crippen molar-refractivity contribution in [2.75, 3.05) is 13.7 Å². The summed E-state index contributed by atoms with van der Waals surface area (Å²) in [5.74, 6) is -0.693. The number of halogens is 4. The number of methoxy groups -OCH3 is 1. The molecule has 11 heteroatoms.